The molecular weight excluding hydrogens is 418 g/mol. The van der Waals surface area contributed by atoms with Crippen LogP contribution in [0.5, 0.6) is 11.5 Å². The third-order valence-electron chi connectivity index (χ3n) is 6.76. The predicted molar refractivity (Wildman–Crippen MR) is 125 cm³/mol. The van der Waals surface area contributed by atoms with Crippen molar-refractivity contribution < 1.29 is 19.1 Å². The summed E-state index contributed by atoms with van der Waals surface area (Å²) >= 11 is 0. The van der Waals surface area contributed by atoms with E-state index in [9.17, 15) is 9.59 Å². The molecule has 1 fully saturated rings. The number of ketones is 1. The average molecular weight is 448 g/mol. The third kappa shape index (κ3) is 4.87. The zero-order valence-corrected chi connectivity index (χ0v) is 18.7. The highest BCUT2D eigenvalue weighted by molar-refractivity contribution is 5.99. The molecule has 7 nitrogen and oxygen atoms in total. The van der Waals surface area contributed by atoms with Gasteiger partial charge in [0.1, 0.15) is 0 Å². The molecular formula is C26H29N3O4. The molecule has 1 amide bonds. The number of fused-ring (bicyclic) bond motifs is 2. The van der Waals surface area contributed by atoms with Gasteiger partial charge in [-0.15, -0.1) is 0 Å². The van der Waals surface area contributed by atoms with Gasteiger partial charge in [0.25, 0.3) is 5.91 Å². The Balaban J connectivity index is 1.00. The fraction of sp³-hybridized carbons (Fsp3) is 0.423. The molecule has 5 rings (SSSR count). The first-order valence-electron chi connectivity index (χ1n) is 11.8. The number of likely N-dealkylation sites (tertiary alicyclic amines) is 1. The van der Waals surface area contributed by atoms with Crippen LogP contribution in [0.25, 0.3) is 10.9 Å². The van der Waals surface area contributed by atoms with Gasteiger partial charge in [0, 0.05) is 48.4 Å². The monoisotopic (exact) mass is 447 g/mol. The standard InChI is InChI=1S/C26H29N3O4/c30-23(22-14-20-16-27-11-8-21(20)28-22)5-3-1-2-4-18-9-12-29(13-10-18)26(31)19-6-7-24-25(15-19)33-17-32-24/h6-8,11,14-16,18,28H,1-5,9-10,12-13,17H2. The molecule has 7 heteroatoms. The molecule has 33 heavy (non-hydrogen) atoms. The van der Waals surface area contributed by atoms with Crippen molar-refractivity contribution in [2.75, 3.05) is 19.9 Å². The van der Waals surface area contributed by atoms with Gasteiger partial charge in [0.05, 0.1) is 5.69 Å². The number of Topliss-reactive ketones (excluding diaryl/α,β-unsaturated/α-hetero) is 1. The number of pyridine rings is 1. The molecule has 1 N–H and O–H groups in total. The molecule has 0 saturated carbocycles. The lowest BCUT2D eigenvalue weighted by Gasteiger charge is -2.32. The van der Waals surface area contributed by atoms with Crippen molar-refractivity contribution in [3.63, 3.8) is 0 Å². The maximum absolute atomic E-state index is 12.8. The van der Waals surface area contributed by atoms with Crippen LogP contribution in [0.15, 0.2) is 42.7 Å². The summed E-state index contributed by atoms with van der Waals surface area (Å²) in [6, 6.07) is 9.19. The zero-order valence-electron chi connectivity index (χ0n) is 18.7. The van der Waals surface area contributed by atoms with E-state index in [-0.39, 0.29) is 18.5 Å². The van der Waals surface area contributed by atoms with Gasteiger partial charge in [-0.3, -0.25) is 14.6 Å². The molecule has 0 radical (unpaired) electrons. The first kappa shape index (κ1) is 21.5. The lowest BCUT2D eigenvalue weighted by Crippen LogP contribution is -2.38. The number of piperidine rings is 1. The summed E-state index contributed by atoms with van der Waals surface area (Å²) in [5.41, 5.74) is 2.29. The van der Waals surface area contributed by atoms with E-state index in [1.807, 2.05) is 29.2 Å². The Morgan fingerprint density at radius 1 is 1.03 bits per heavy atom. The van der Waals surface area contributed by atoms with E-state index in [1.54, 1.807) is 18.5 Å². The third-order valence-corrected chi connectivity index (χ3v) is 6.76. The second-order valence-electron chi connectivity index (χ2n) is 8.97. The Kier molecular flexibility index (Phi) is 6.28. The number of H-pyrrole nitrogens is 1. The van der Waals surface area contributed by atoms with Crippen LogP contribution in [-0.4, -0.2) is 46.4 Å². The summed E-state index contributed by atoms with van der Waals surface area (Å²) in [4.78, 5) is 34.5. The maximum Gasteiger partial charge on any atom is 0.253 e. The Labute approximate surface area is 193 Å². The number of unbranched alkanes of at least 4 members (excludes halogenated alkanes) is 2. The summed E-state index contributed by atoms with van der Waals surface area (Å²) in [5.74, 6) is 2.24. The number of nitrogens with zero attached hydrogens (tertiary/aromatic N) is 2. The molecule has 0 atom stereocenters. The first-order chi connectivity index (χ1) is 16.2. The number of carbonyl (C=O) groups excluding carboxylic acids is 2. The van der Waals surface area contributed by atoms with Crippen LogP contribution in [0.2, 0.25) is 0 Å². The molecule has 0 unspecified atom stereocenters. The second kappa shape index (κ2) is 9.65. The molecule has 172 valence electrons. The number of rotatable bonds is 8. The number of aromatic amines is 1. The van der Waals surface area contributed by atoms with Crippen LogP contribution in [0.4, 0.5) is 0 Å². The summed E-state index contributed by atoms with van der Waals surface area (Å²) in [7, 11) is 0. The number of benzene rings is 1. The molecule has 0 aliphatic carbocycles. The minimum Gasteiger partial charge on any atom is -0.454 e. The zero-order chi connectivity index (χ0) is 22.6. The van der Waals surface area contributed by atoms with Gasteiger partial charge < -0.3 is 19.4 Å². The lowest BCUT2D eigenvalue weighted by molar-refractivity contribution is 0.0685. The van der Waals surface area contributed by atoms with Crippen LogP contribution in [0, 0.1) is 5.92 Å². The van der Waals surface area contributed by atoms with Crippen LogP contribution in [0.3, 0.4) is 0 Å². The maximum atomic E-state index is 12.8. The van der Waals surface area contributed by atoms with Crippen molar-refractivity contribution in [2.24, 2.45) is 5.92 Å². The number of ether oxygens (including phenoxy) is 2. The second-order valence-corrected chi connectivity index (χ2v) is 8.97. The number of aromatic nitrogens is 2. The van der Waals surface area contributed by atoms with Crippen LogP contribution in [0.1, 0.15) is 65.8 Å². The van der Waals surface area contributed by atoms with Gasteiger partial charge in [-0.05, 0) is 55.5 Å². The molecule has 1 aromatic carbocycles. The highest BCUT2D eigenvalue weighted by atomic mass is 16.7. The van der Waals surface area contributed by atoms with Crippen molar-refractivity contribution in [1.29, 1.82) is 0 Å². The summed E-state index contributed by atoms with van der Waals surface area (Å²) in [5, 5.41) is 0.976. The van der Waals surface area contributed by atoms with Gasteiger partial charge in [-0.25, -0.2) is 0 Å². The predicted octanol–water partition coefficient (Wildman–Crippen LogP) is 4.98. The van der Waals surface area contributed by atoms with E-state index in [0.717, 1.165) is 62.5 Å². The fourth-order valence-electron chi connectivity index (χ4n) is 4.79. The van der Waals surface area contributed by atoms with E-state index < -0.39 is 0 Å². The Hall–Kier alpha value is -3.35. The Morgan fingerprint density at radius 2 is 1.88 bits per heavy atom. The molecule has 4 heterocycles. The largest absolute Gasteiger partial charge is 0.454 e. The molecule has 0 bridgehead atoms. The van der Waals surface area contributed by atoms with Gasteiger partial charge in [0.2, 0.25) is 6.79 Å². The topological polar surface area (TPSA) is 84.5 Å². The van der Waals surface area contributed by atoms with Gasteiger partial charge >= 0.3 is 0 Å². The van der Waals surface area contributed by atoms with Crippen molar-refractivity contribution in [3.8, 4) is 11.5 Å². The molecule has 1 saturated heterocycles. The SMILES string of the molecule is O=C(CCCCCC1CCN(C(=O)c2ccc3c(c2)OCO3)CC1)c1cc2cnccc2[nH]1. The summed E-state index contributed by atoms with van der Waals surface area (Å²) < 4.78 is 10.7. The number of nitrogens with one attached hydrogen (secondary N) is 1. The molecule has 2 aliphatic heterocycles. The van der Waals surface area contributed by atoms with Crippen LogP contribution >= 0.6 is 0 Å². The van der Waals surface area contributed by atoms with Gasteiger partial charge in [0.15, 0.2) is 17.3 Å². The van der Waals surface area contributed by atoms with E-state index in [0.29, 0.717) is 35.1 Å². The number of hydrogen-bond donors (Lipinski definition) is 1. The van der Waals surface area contributed by atoms with Crippen molar-refractivity contribution >= 4 is 22.6 Å². The Bertz CT molecular complexity index is 1110. The van der Waals surface area contributed by atoms with Gasteiger partial charge in [-0.1, -0.05) is 19.3 Å². The number of carbonyl (C=O) groups is 2. The average Bonchev–Trinajstić information content (AvgIpc) is 3.50. The highest BCUT2D eigenvalue weighted by Crippen LogP contribution is 2.33. The molecule has 2 aromatic heterocycles. The van der Waals surface area contributed by atoms with Crippen molar-refractivity contribution in [2.45, 2.75) is 44.9 Å². The van der Waals surface area contributed by atoms with Crippen LogP contribution < -0.4 is 9.47 Å². The summed E-state index contributed by atoms with van der Waals surface area (Å²) in [6.45, 7) is 1.81. The molecule has 3 aromatic rings. The van der Waals surface area contributed by atoms with Crippen molar-refractivity contribution in [1.82, 2.24) is 14.9 Å². The minimum absolute atomic E-state index is 0.0676. The van der Waals surface area contributed by atoms with E-state index in [2.05, 4.69) is 9.97 Å². The van der Waals surface area contributed by atoms with Crippen LogP contribution in [-0.2, 0) is 0 Å². The normalized spacial score (nSPS) is 15.8. The van der Waals surface area contributed by atoms with Gasteiger partial charge in [-0.2, -0.15) is 0 Å². The summed E-state index contributed by atoms with van der Waals surface area (Å²) in [6.07, 6.45) is 10.4. The number of amides is 1. The smallest absolute Gasteiger partial charge is 0.253 e. The van der Waals surface area contributed by atoms with Crippen molar-refractivity contribution in [3.05, 3.63) is 54.0 Å². The number of hydrogen-bond acceptors (Lipinski definition) is 5. The van der Waals surface area contributed by atoms with E-state index in [4.69, 9.17) is 9.47 Å². The Morgan fingerprint density at radius 3 is 2.73 bits per heavy atom. The minimum atomic E-state index is 0.0676. The quantitative estimate of drug-likeness (QED) is 0.389. The lowest BCUT2D eigenvalue weighted by atomic mass is 9.90. The highest BCUT2D eigenvalue weighted by Gasteiger charge is 2.25. The van der Waals surface area contributed by atoms with E-state index in [1.165, 1.54) is 0 Å². The first-order valence-corrected chi connectivity index (χ1v) is 11.8. The van der Waals surface area contributed by atoms with E-state index >= 15 is 0 Å². The molecule has 2 aliphatic rings. The fourth-order valence-corrected chi connectivity index (χ4v) is 4.79. The molecule has 0 spiro atoms.